The highest BCUT2D eigenvalue weighted by Crippen LogP contribution is 2.21. The molecule has 0 aromatic heterocycles. The van der Waals surface area contributed by atoms with E-state index in [1.165, 1.54) is 17.0 Å². The highest BCUT2D eigenvalue weighted by molar-refractivity contribution is 5.96. The minimum absolute atomic E-state index is 0.0148. The highest BCUT2D eigenvalue weighted by atomic mass is 16.4. The van der Waals surface area contributed by atoms with E-state index in [0.29, 0.717) is 18.4 Å². The molecule has 0 spiro atoms. The van der Waals surface area contributed by atoms with Crippen LogP contribution in [0.25, 0.3) is 0 Å². The smallest absolute Gasteiger partial charge is 0.326 e. The summed E-state index contributed by atoms with van der Waals surface area (Å²) in [6, 6.07) is 0.138. The Morgan fingerprint density at radius 3 is 2.21 bits per heavy atom. The van der Waals surface area contributed by atoms with Gasteiger partial charge in [0, 0.05) is 25.9 Å². The molecule has 1 saturated heterocycles. The number of hydrogen-bond donors (Lipinski definition) is 9. The molecular formula is C31H48N8O9. The van der Waals surface area contributed by atoms with Crippen LogP contribution in [0.15, 0.2) is 29.3 Å². The van der Waals surface area contributed by atoms with Crippen LogP contribution >= 0.6 is 0 Å². The summed E-state index contributed by atoms with van der Waals surface area (Å²) >= 11 is 0. The van der Waals surface area contributed by atoms with Crippen LogP contribution in [0.1, 0.15) is 64.4 Å². The van der Waals surface area contributed by atoms with E-state index in [4.69, 9.17) is 22.3 Å². The van der Waals surface area contributed by atoms with Crippen LogP contribution in [0.4, 0.5) is 0 Å². The average Bonchev–Trinajstić information content (AvgIpc) is 3.53. The minimum atomic E-state index is -1.24. The Bertz CT molecular complexity index is 1320. The molecule has 1 heterocycles. The zero-order valence-corrected chi connectivity index (χ0v) is 27.3. The van der Waals surface area contributed by atoms with Gasteiger partial charge in [-0.2, -0.15) is 0 Å². The number of nitrogens with one attached hydrogen (secondary N) is 3. The molecule has 2 rings (SSSR count). The summed E-state index contributed by atoms with van der Waals surface area (Å²) in [5, 5.41) is 36.2. The zero-order chi connectivity index (χ0) is 36.0. The molecule has 1 aromatic rings. The van der Waals surface area contributed by atoms with Gasteiger partial charge in [-0.3, -0.25) is 29.0 Å². The maximum Gasteiger partial charge on any atom is 0.326 e. The van der Waals surface area contributed by atoms with E-state index >= 15 is 0 Å². The Labute approximate surface area is 278 Å². The summed E-state index contributed by atoms with van der Waals surface area (Å²) in [5.74, 6) is -5.64. The number of carbonyl (C=O) groups is 6. The highest BCUT2D eigenvalue weighted by Gasteiger charge is 2.40. The molecule has 1 fully saturated rings. The van der Waals surface area contributed by atoms with E-state index in [1.54, 1.807) is 26.0 Å². The van der Waals surface area contributed by atoms with Crippen LogP contribution in [-0.4, -0.2) is 105 Å². The number of guanidine groups is 1. The number of aromatic hydroxyl groups is 1. The lowest BCUT2D eigenvalue weighted by molar-refractivity contribution is -0.146. The third-order valence-electron chi connectivity index (χ3n) is 8.19. The lowest BCUT2D eigenvalue weighted by Crippen LogP contribution is -2.59. The second-order valence-electron chi connectivity index (χ2n) is 11.9. The molecular weight excluding hydrogens is 628 g/mol. The van der Waals surface area contributed by atoms with Crippen molar-refractivity contribution < 1.29 is 44.1 Å². The molecule has 0 aliphatic carbocycles. The van der Waals surface area contributed by atoms with Crippen LogP contribution in [0, 0.1) is 5.92 Å². The molecule has 12 N–H and O–H groups in total. The third kappa shape index (κ3) is 12.4. The molecule has 0 radical (unpaired) electrons. The van der Waals surface area contributed by atoms with E-state index < -0.39 is 65.8 Å². The van der Waals surface area contributed by atoms with Crippen molar-refractivity contribution >= 4 is 41.5 Å². The number of hydrogen-bond acceptors (Lipinski definition) is 9. The maximum atomic E-state index is 14.1. The van der Waals surface area contributed by atoms with E-state index in [1.807, 2.05) is 0 Å². The number of aliphatic imine (C=N–C) groups is 1. The lowest BCUT2D eigenvalue weighted by Gasteiger charge is -2.31. The van der Waals surface area contributed by atoms with Gasteiger partial charge in [-0.1, -0.05) is 32.4 Å². The molecule has 6 atom stereocenters. The Hall–Kier alpha value is -4.93. The number of carbonyl (C=O) groups excluding carboxylic acids is 4. The molecule has 0 bridgehead atoms. The molecule has 0 saturated carbocycles. The van der Waals surface area contributed by atoms with Gasteiger partial charge in [-0.25, -0.2) is 4.79 Å². The van der Waals surface area contributed by atoms with Crippen LogP contribution < -0.4 is 33.2 Å². The maximum absolute atomic E-state index is 14.1. The van der Waals surface area contributed by atoms with E-state index in [2.05, 4.69) is 20.9 Å². The van der Waals surface area contributed by atoms with Gasteiger partial charge in [0.25, 0.3) is 0 Å². The predicted molar refractivity (Wildman–Crippen MR) is 174 cm³/mol. The fourth-order valence-electron chi connectivity index (χ4n) is 5.24. The predicted octanol–water partition coefficient (Wildman–Crippen LogP) is -1.24. The number of aliphatic carboxylic acids is 2. The molecule has 1 aliphatic heterocycles. The van der Waals surface area contributed by atoms with Gasteiger partial charge in [0.1, 0.15) is 29.9 Å². The van der Waals surface area contributed by atoms with Crippen molar-refractivity contribution in [1.29, 1.82) is 0 Å². The van der Waals surface area contributed by atoms with Gasteiger partial charge >= 0.3 is 11.9 Å². The fraction of sp³-hybridized carbons (Fsp3) is 0.581. The summed E-state index contributed by atoms with van der Waals surface area (Å²) < 4.78 is 0. The Morgan fingerprint density at radius 1 is 0.979 bits per heavy atom. The molecule has 17 heteroatoms. The quantitative estimate of drug-likeness (QED) is 0.0472. The Morgan fingerprint density at radius 2 is 1.62 bits per heavy atom. The second kappa shape index (κ2) is 19.0. The summed E-state index contributed by atoms with van der Waals surface area (Å²) in [5.41, 5.74) is 17.2. The lowest BCUT2D eigenvalue weighted by atomic mass is 9.98. The largest absolute Gasteiger partial charge is 0.508 e. The van der Waals surface area contributed by atoms with Gasteiger partial charge < -0.3 is 53.4 Å². The van der Waals surface area contributed by atoms with Gasteiger partial charge in [-0.15, -0.1) is 0 Å². The monoisotopic (exact) mass is 676 g/mol. The molecule has 266 valence electrons. The molecule has 48 heavy (non-hydrogen) atoms. The first-order valence-electron chi connectivity index (χ1n) is 15.9. The van der Waals surface area contributed by atoms with Crippen LogP contribution in [-0.2, 0) is 35.2 Å². The van der Waals surface area contributed by atoms with Gasteiger partial charge in [-0.05, 0) is 55.7 Å². The first-order valence-corrected chi connectivity index (χ1v) is 15.9. The molecule has 0 unspecified atom stereocenters. The van der Waals surface area contributed by atoms with Crippen molar-refractivity contribution in [2.45, 2.75) is 95.4 Å². The van der Waals surface area contributed by atoms with Crippen LogP contribution in [0.2, 0.25) is 0 Å². The fourth-order valence-corrected chi connectivity index (χ4v) is 5.24. The van der Waals surface area contributed by atoms with Crippen molar-refractivity contribution in [3.05, 3.63) is 29.8 Å². The first kappa shape index (κ1) is 39.2. The first-order chi connectivity index (χ1) is 22.6. The number of phenolic OH excluding ortho intramolecular Hbond substituents is 1. The SMILES string of the molecule is CC[C@H](C)[C@H](NC(=O)[C@@H]1CCCN1C(=O)[C@H](Cc1ccc(O)cc1)NC(=O)[C@H](CCCN=C(N)N)NC(=O)[C@@H](N)CCC(=O)O)C(=O)O. The summed E-state index contributed by atoms with van der Waals surface area (Å²) in [6.45, 7) is 3.80. The van der Waals surface area contributed by atoms with E-state index in [0.717, 1.165) is 0 Å². The number of carboxylic acid groups (broad SMARTS) is 2. The standard InChI is InChI=1S/C31H48N8O9/c1-3-17(2)25(30(47)48)38-28(45)23-7-5-15-39(23)29(46)22(16-18-8-10-19(40)11-9-18)37-27(44)21(6-4-14-35-31(33)34)36-26(43)20(32)12-13-24(41)42/h8-11,17,20-23,25,40H,3-7,12-16,32H2,1-2H3,(H,36,43)(H,37,44)(H,38,45)(H,41,42)(H,47,48)(H4,33,34,35)/t17-,20-,21-,22-,23-,25-/m0/s1. The summed E-state index contributed by atoms with van der Waals surface area (Å²) in [6.07, 6.45) is 0.919. The molecule has 4 amide bonds. The number of nitrogens with two attached hydrogens (primary N) is 3. The third-order valence-corrected chi connectivity index (χ3v) is 8.19. The molecule has 1 aliphatic rings. The number of carboxylic acids is 2. The van der Waals surface area contributed by atoms with Crippen molar-refractivity contribution in [1.82, 2.24) is 20.9 Å². The number of nitrogens with zero attached hydrogens (tertiary/aromatic N) is 2. The van der Waals surface area contributed by atoms with Crippen molar-refractivity contribution in [3.63, 3.8) is 0 Å². The number of likely N-dealkylation sites (tertiary alicyclic amines) is 1. The van der Waals surface area contributed by atoms with Crippen molar-refractivity contribution in [2.24, 2.45) is 28.1 Å². The Balaban J connectivity index is 2.35. The normalized spacial score (nSPS) is 17.2. The average molecular weight is 677 g/mol. The van der Waals surface area contributed by atoms with E-state index in [9.17, 15) is 39.0 Å². The Kier molecular flexibility index (Phi) is 15.6. The minimum Gasteiger partial charge on any atom is -0.508 e. The number of phenols is 1. The second-order valence-corrected chi connectivity index (χ2v) is 11.9. The number of benzene rings is 1. The molecule has 1 aromatic carbocycles. The summed E-state index contributed by atoms with van der Waals surface area (Å²) in [4.78, 5) is 81.9. The van der Waals surface area contributed by atoms with Crippen molar-refractivity contribution in [3.8, 4) is 5.75 Å². The van der Waals surface area contributed by atoms with Crippen molar-refractivity contribution in [2.75, 3.05) is 13.1 Å². The van der Waals surface area contributed by atoms with Gasteiger partial charge in [0.15, 0.2) is 5.96 Å². The van der Waals surface area contributed by atoms with Gasteiger partial charge in [0.05, 0.1) is 6.04 Å². The number of rotatable bonds is 19. The van der Waals surface area contributed by atoms with Crippen LogP contribution in [0.3, 0.4) is 0 Å². The van der Waals surface area contributed by atoms with Gasteiger partial charge in [0.2, 0.25) is 23.6 Å². The topological polar surface area (TPSA) is 293 Å². The van der Waals surface area contributed by atoms with Crippen LogP contribution in [0.5, 0.6) is 5.75 Å². The number of amides is 4. The molecule has 17 nitrogen and oxygen atoms in total. The zero-order valence-electron chi connectivity index (χ0n) is 27.3. The van der Waals surface area contributed by atoms with E-state index in [-0.39, 0.29) is 69.2 Å². The summed E-state index contributed by atoms with van der Waals surface area (Å²) in [7, 11) is 0.